The van der Waals surface area contributed by atoms with E-state index in [0.29, 0.717) is 0 Å². The lowest BCUT2D eigenvalue weighted by atomic mass is 9.85. The van der Waals surface area contributed by atoms with Crippen LogP contribution in [0.3, 0.4) is 0 Å². The average molecular weight is 270 g/mol. The van der Waals surface area contributed by atoms with Crippen molar-refractivity contribution in [2.24, 2.45) is 11.7 Å². The molecule has 1 aromatic carbocycles. The van der Waals surface area contributed by atoms with Gasteiger partial charge < -0.3 is 5.73 Å². The second-order valence-corrected chi connectivity index (χ2v) is 6.79. The zero-order chi connectivity index (χ0) is 14.8. The Hall–Kier alpha value is -0.795. The number of likely N-dealkylation sites (tertiary alicyclic amines) is 1. The number of rotatable bonds is 6. The van der Waals surface area contributed by atoms with Crippen molar-refractivity contribution in [3.05, 3.63) is 34.9 Å². The molecular weight excluding hydrogens is 243 g/mol. The lowest BCUT2D eigenvalue weighted by molar-refractivity contribution is 0.00899. The first kappa shape index (κ1) is 15.6. The van der Waals surface area contributed by atoms with E-state index in [2.05, 4.69) is 43.9 Å². The molecule has 108 valence electrons. The number of hydrogen-bond donors (Lipinski definition) is 1. The van der Waals surface area contributed by atoms with Gasteiger partial charge >= 0.3 is 0 Å². The van der Waals surface area contributed by atoms with Crippen molar-refractivity contribution in [3.63, 3.8) is 0 Å². The van der Waals surface area contributed by atoms with Gasteiger partial charge in [-0.05, 0) is 56.2 Å². The van der Waals surface area contributed by atoms with Gasteiger partial charge in [-0.15, -0.1) is 0 Å². The molecule has 0 aromatic heterocycles. The minimum Gasteiger partial charge on any atom is -0.329 e. The quantitative estimate of drug-likeness (QED) is 0.804. The van der Waals surface area contributed by atoms with Crippen LogP contribution >= 0.6 is 0 Å². The molecule has 0 amide bonds. The zero-order valence-corrected chi connectivity index (χ0v) is 13.2. The van der Waals surface area contributed by atoms with E-state index in [-0.39, 0.29) is 5.54 Å². The highest BCUT2D eigenvalue weighted by Gasteiger charge is 2.36. The first-order valence-electron chi connectivity index (χ1n) is 7.70. The molecule has 2 nitrogen and oxygen atoms in total. The normalized spacial score (nSPS) is 17.2. The van der Waals surface area contributed by atoms with Crippen molar-refractivity contribution >= 4 is 7.85 Å². The molecule has 2 N–H and O–H groups in total. The fourth-order valence-electron chi connectivity index (χ4n) is 2.94. The van der Waals surface area contributed by atoms with Crippen LogP contribution in [0.5, 0.6) is 0 Å². The van der Waals surface area contributed by atoms with Gasteiger partial charge in [0, 0.05) is 25.2 Å². The maximum atomic E-state index is 5.83. The standard InChI is InChI=1S/C17H27BN2/c1-13-8-14(6-7-18)4-5-16(13)9-15-10-20(11-15)17(2,3)12-19/h4-5,8,15H,6-7,9-12,19H2,1-3H3. The van der Waals surface area contributed by atoms with E-state index in [1.54, 1.807) is 0 Å². The monoisotopic (exact) mass is 270 g/mol. The van der Waals surface area contributed by atoms with Crippen LogP contribution in [0.15, 0.2) is 18.2 Å². The second kappa shape index (κ2) is 6.32. The van der Waals surface area contributed by atoms with Crippen molar-refractivity contribution < 1.29 is 0 Å². The molecule has 0 unspecified atom stereocenters. The molecule has 1 fully saturated rings. The highest BCUT2D eigenvalue weighted by atomic mass is 15.3. The molecule has 0 aliphatic carbocycles. The van der Waals surface area contributed by atoms with Gasteiger partial charge in [-0.25, -0.2) is 0 Å². The van der Waals surface area contributed by atoms with E-state index in [9.17, 15) is 0 Å². The van der Waals surface area contributed by atoms with Gasteiger partial charge in [0.2, 0.25) is 0 Å². The van der Waals surface area contributed by atoms with Crippen LogP contribution in [0.25, 0.3) is 0 Å². The van der Waals surface area contributed by atoms with Crippen LogP contribution in [0, 0.1) is 12.8 Å². The minimum atomic E-state index is 0.149. The highest BCUT2D eigenvalue weighted by molar-refractivity contribution is 6.08. The molecule has 2 radical (unpaired) electrons. The Balaban J connectivity index is 1.90. The third-order valence-electron chi connectivity index (χ3n) is 4.66. The summed E-state index contributed by atoms with van der Waals surface area (Å²) < 4.78 is 0. The van der Waals surface area contributed by atoms with Crippen molar-refractivity contribution in [2.45, 2.75) is 45.5 Å². The zero-order valence-electron chi connectivity index (χ0n) is 13.2. The summed E-state index contributed by atoms with van der Waals surface area (Å²) in [4.78, 5) is 2.50. The van der Waals surface area contributed by atoms with Gasteiger partial charge in [-0.1, -0.05) is 24.5 Å². The smallest absolute Gasteiger partial charge is 0.0657 e. The van der Waals surface area contributed by atoms with Gasteiger partial charge in [0.05, 0.1) is 7.85 Å². The molecule has 1 aliphatic heterocycles. The van der Waals surface area contributed by atoms with E-state index in [1.807, 2.05) is 0 Å². The van der Waals surface area contributed by atoms with Crippen LogP contribution in [0.1, 0.15) is 30.5 Å². The van der Waals surface area contributed by atoms with Crippen LogP contribution in [-0.2, 0) is 12.8 Å². The average Bonchev–Trinajstić information content (AvgIpc) is 2.35. The molecule has 1 saturated heterocycles. The van der Waals surface area contributed by atoms with Crippen molar-refractivity contribution in [3.8, 4) is 0 Å². The van der Waals surface area contributed by atoms with Gasteiger partial charge in [0.15, 0.2) is 0 Å². The fraction of sp³-hybridized carbons (Fsp3) is 0.647. The second-order valence-electron chi connectivity index (χ2n) is 6.79. The summed E-state index contributed by atoms with van der Waals surface area (Å²) in [5, 5.41) is 0. The first-order chi connectivity index (χ1) is 9.46. The molecule has 2 rings (SSSR count). The summed E-state index contributed by atoms with van der Waals surface area (Å²) in [6.45, 7) is 9.76. The Morgan fingerprint density at radius 1 is 1.35 bits per heavy atom. The van der Waals surface area contributed by atoms with Gasteiger partial charge in [-0.3, -0.25) is 4.90 Å². The van der Waals surface area contributed by atoms with E-state index >= 15 is 0 Å². The van der Waals surface area contributed by atoms with Crippen molar-refractivity contribution in [1.82, 2.24) is 4.90 Å². The molecule has 0 atom stereocenters. The molecule has 0 saturated carbocycles. The third-order valence-corrected chi connectivity index (χ3v) is 4.66. The highest BCUT2D eigenvalue weighted by Crippen LogP contribution is 2.28. The van der Waals surface area contributed by atoms with Crippen molar-refractivity contribution in [1.29, 1.82) is 0 Å². The summed E-state index contributed by atoms with van der Waals surface area (Å²) in [5.41, 5.74) is 10.2. The summed E-state index contributed by atoms with van der Waals surface area (Å²) in [5.74, 6) is 0.778. The lowest BCUT2D eigenvalue weighted by Gasteiger charge is -2.49. The van der Waals surface area contributed by atoms with Crippen LogP contribution in [-0.4, -0.2) is 37.9 Å². The number of benzene rings is 1. The van der Waals surface area contributed by atoms with E-state index in [4.69, 9.17) is 13.6 Å². The Labute approximate surface area is 125 Å². The number of nitrogens with two attached hydrogens (primary N) is 1. The van der Waals surface area contributed by atoms with Gasteiger partial charge in [0.25, 0.3) is 0 Å². The largest absolute Gasteiger partial charge is 0.329 e. The molecule has 3 heteroatoms. The number of hydrogen-bond acceptors (Lipinski definition) is 2. The van der Waals surface area contributed by atoms with E-state index < -0.39 is 0 Å². The van der Waals surface area contributed by atoms with Crippen molar-refractivity contribution in [2.75, 3.05) is 19.6 Å². The number of nitrogens with zero attached hydrogens (tertiary/aromatic N) is 1. The molecule has 1 aliphatic rings. The van der Waals surface area contributed by atoms with Crippen LogP contribution in [0.4, 0.5) is 0 Å². The minimum absolute atomic E-state index is 0.149. The Morgan fingerprint density at radius 3 is 2.60 bits per heavy atom. The molecule has 1 heterocycles. The maximum absolute atomic E-state index is 5.83. The predicted molar refractivity (Wildman–Crippen MR) is 87.3 cm³/mol. The van der Waals surface area contributed by atoms with Gasteiger partial charge in [0.1, 0.15) is 0 Å². The summed E-state index contributed by atoms with van der Waals surface area (Å²) in [7, 11) is 5.61. The Morgan fingerprint density at radius 2 is 2.05 bits per heavy atom. The SMILES string of the molecule is [B]CCc1ccc(CC2CN(C(C)(C)CN)C2)c(C)c1. The van der Waals surface area contributed by atoms with Gasteiger partial charge in [-0.2, -0.15) is 0 Å². The summed E-state index contributed by atoms with van der Waals surface area (Å²) in [6, 6.07) is 6.81. The molecule has 1 aromatic rings. The summed E-state index contributed by atoms with van der Waals surface area (Å²) >= 11 is 0. The molecule has 0 spiro atoms. The Bertz CT molecular complexity index is 450. The fourth-order valence-corrected chi connectivity index (χ4v) is 2.94. The maximum Gasteiger partial charge on any atom is 0.0657 e. The number of aryl methyl sites for hydroxylation is 2. The first-order valence-corrected chi connectivity index (χ1v) is 7.70. The topological polar surface area (TPSA) is 29.3 Å². The molecule has 20 heavy (non-hydrogen) atoms. The van der Waals surface area contributed by atoms with E-state index in [1.165, 1.54) is 36.2 Å². The molecule has 0 bridgehead atoms. The third kappa shape index (κ3) is 3.45. The predicted octanol–water partition coefficient (Wildman–Crippen LogP) is 2.34. The Kier molecular flexibility index (Phi) is 4.93. The van der Waals surface area contributed by atoms with Crippen LogP contribution < -0.4 is 5.73 Å². The summed E-state index contributed by atoms with van der Waals surface area (Å²) in [6.07, 6.45) is 2.89. The lowest BCUT2D eigenvalue weighted by Crippen LogP contribution is -2.60. The van der Waals surface area contributed by atoms with Crippen LogP contribution in [0.2, 0.25) is 6.32 Å². The van der Waals surface area contributed by atoms with E-state index in [0.717, 1.165) is 25.2 Å². The molecular formula is C17H27BN2.